The molecule has 1 aliphatic heterocycles. The van der Waals surface area contributed by atoms with Crippen molar-refractivity contribution in [2.24, 2.45) is 0 Å². The van der Waals surface area contributed by atoms with Crippen LogP contribution in [-0.2, 0) is 11.3 Å². The SMILES string of the molecule is COc1cccc(OCCn2c(C3CC(=O)N(c4ccccc4Cl)C3)nc3ccccc32)c1. The Morgan fingerprint density at radius 1 is 1.03 bits per heavy atom. The van der Waals surface area contributed by atoms with E-state index in [0.29, 0.717) is 31.1 Å². The van der Waals surface area contributed by atoms with E-state index in [1.54, 1.807) is 12.0 Å². The Labute approximate surface area is 197 Å². The van der Waals surface area contributed by atoms with E-state index in [9.17, 15) is 4.79 Å². The fourth-order valence-corrected chi connectivity index (χ4v) is 4.61. The summed E-state index contributed by atoms with van der Waals surface area (Å²) < 4.78 is 13.4. The molecule has 3 aromatic carbocycles. The van der Waals surface area contributed by atoms with Crippen molar-refractivity contribution >= 4 is 34.2 Å². The van der Waals surface area contributed by atoms with Gasteiger partial charge in [0.1, 0.15) is 23.9 Å². The first kappa shape index (κ1) is 21.3. The standard InChI is InChI=1S/C26H24ClN3O3/c1-32-19-7-6-8-20(16-19)33-14-13-29-24-12-5-3-10-22(24)28-26(29)18-15-25(31)30(17-18)23-11-4-2-9-21(23)27/h2-12,16,18H,13-15,17H2,1H3. The molecule has 0 N–H and O–H groups in total. The molecular weight excluding hydrogens is 438 g/mol. The highest BCUT2D eigenvalue weighted by Crippen LogP contribution is 2.36. The summed E-state index contributed by atoms with van der Waals surface area (Å²) in [7, 11) is 1.64. The fourth-order valence-electron chi connectivity index (χ4n) is 4.37. The summed E-state index contributed by atoms with van der Waals surface area (Å²) in [5.41, 5.74) is 2.69. The van der Waals surface area contributed by atoms with Crippen LogP contribution in [0.4, 0.5) is 5.69 Å². The van der Waals surface area contributed by atoms with E-state index in [1.807, 2.05) is 66.7 Å². The third-order valence-electron chi connectivity index (χ3n) is 5.94. The van der Waals surface area contributed by atoms with Gasteiger partial charge < -0.3 is 18.9 Å². The van der Waals surface area contributed by atoms with Crippen LogP contribution >= 0.6 is 11.6 Å². The molecule has 33 heavy (non-hydrogen) atoms. The van der Waals surface area contributed by atoms with Gasteiger partial charge in [0, 0.05) is 24.9 Å². The topological polar surface area (TPSA) is 56.6 Å². The quantitative estimate of drug-likeness (QED) is 0.375. The van der Waals surface area contributed by atoms with Crippen molar-refractivity contribution in [2.45, 2.75) is 18.9 Å². The number of anilines is 1. The van der Waals surface area contributed by atoms with E-state index >= 15 is 0 Å². The maximum atomic E-state index is 12.9. The first-order valence-electron chi connectivity index (χ1n) is 10.9. The predicted molar refractivity (Wildman–Crippen MR) is 129 cm³/mol. The summed E-state index contributed by atoms with van der Waals surface area (Å²) >= 11 is 6.37. The molecular formula is C26H24ClN3O3. The van der Waals surface area contributed by atoms with Gasteiger partial charge in [0.2, 0.25) is 5.91 Å². The van der Waals surface area contributed by atoms with Crippen LogP contribution in [-0.4, -0.2) is 35.7 Å². The van der Waals surface area contributed by atoms with Gasteiger partial charge in [-0.1, -0.05) is 41.9 Å². The van der Waals surface area contributed by atoms with Crippen LogP contribution in [0.3, 0.4) is 0 Å². The van der Waals surface area contributed by atoms with Crippen molar-refractivity contribution in [3.05, 3.63) is 83.6 Å². The molecule has 0 aliphatic carbocycles. The molecule has 1 saturated heterocycles. The first-order valence-corrected chi connectivity index (χ1v) is 11.3. The average Bonchev–Trinajstić information content (AvgIpc) is 3.40. The van der Waals surface area contributed by atoms with Crippen LogP contribution in [0.2, 0.25) is 5.02 Å². The van der Waals surface area contributed by atoms with Crippen molar-refractivity contribution in [3.8, 4) is 11.5 Å². The van der Waals surface area contributed by atoms with Crippen LogP contribution in [0.5, 0.6) is 11.5 Å². The number of hydrogen-bond acceptors (Lipinski definition) is 4. The number of para-hydroxylation sites is 3. The number of ether oxygens (including phenoxy) is 2. The monoisotopic (exact) mass is 461 g/mol. The average molecular weight is 462 g/mol. The van der Waals surface area contributed by atoms with Crippen LogP contribution in [0.1, 0.15) is 18.2 Å². The van der Waals surface area contributed by atoms with E-state index in [4.69, 9.17) is 26.1 Å². The van der Waals surface area contributed by atoms with Gasteiger partial charge in [0.25, 0.3) is 0 Å². The highest BCUT2D eigenvalue weighted by molar-refractivity contribution is 6.33. The smallest absolute Gasteiger partial charge is 0.227 e. The van der Waals surface area contributed by atoms with Gasteiger partial charge in [-0.2, -0.15) is 0 Å². The fraction of sp³-hybridized carbons (Fsp3) is 0.231. The van der Waals surface area contributed by atoms with Gasteiger partial charge >= 0.3 is 0 Å². The molecule has 4 aromatic rings. The summed E-state index contributed by atoms with van der Waals surface area (Å²) in [4.78, 5) is 19.6. The molecule has 1 amide bonds. The Balaban J connectivity index is 1.40. The number of carbonyl (C=O) groups excluding carboxylic acids is 1. The molecule has 168 valence electrons. The summed E-state index contributed by atoms with van der Waals surface area (Å²) in [5, 5.41) is 0.576. The number of imidazole rings is 1. The van der Waals surface area contributed by atoms with E-state index in [0.717, 1.165) is 34.0 Å². The molecule has 1 aromatic heterocycles. The molecule has 1 fully saturated rings. The number of aromatic nitrogens is 2. The lowest BCUT2D eigenvalue weighted by Crippen LogP contribution is -2.25. The van der Waals surface area contributed by atoms with Crippen LogP contribution < -0.4 is 14.4 Å². The van der Waals surface area contributed by atoms with Gasteiger partial charge in [-0.25, -0.2) is 4.98 Å². The molecule has 0 bridgehead atoms. The molecule has 0 saturated carbocycles. The lowest BCUT2D eigenvalue weighted by atomic mass is 10.1. The summed E-state index contributed by atoms with van der Waals surface area (Å²) in [6, 6.07) is 23.1. The second-order valence-electron chi connectivity index (χ2n) is 7.99. The van der Waals surface area contributed by atoms with Gasteiger partial charge in [-0.3, -0.25) is 4.79 Å². The molecule has 0 spiro atoms. The Kier molecular flexibility index (Phi) is 5.92. The van der Waals surface area contributed by atoms with E-state index < -0.39 is 0 Å². The maximum Gasteiger partial charge on any atom is 0.227 e. The molecule has 7 heteroatoms. The third-order valence-corrected chi connectivity index (χ3v) is 6.26. The molecule has 1 unspecified atom stereocenters. The number of fused-ring (bicyclic) bond motifs is 1. The first-order chi connectivity index (χ1) is 16.1. The second-order valence-corrected chi connectivity index (χ2v) is 8.40. The minimum absolute atomic E-state index is 0.0296. The summed E-state index contributed by atoms with van der Waals surface area (Å²) in [5.74, 6) is 2.43. The number of amides is 1. The van der Waals surface area contributed by atoms with Crippen molar-refractivity contribution in [1.82, 2.24) is 9.55 Å². The number of benzene rings is 3. The zero-order valence-corrected chi connectivity index (χ0v) is 19.0. The zero-order chi connectivity index (χ0) is 22.8. The van der Waals surface area contributed by atoms with Crippen molar-refractivity contribution in [2.75, 3.05) is 25.2 Å². The van der Waals surface area contributed by atoms with E-state index in [1.165, 1.54) is 0 Å². The van der Waals surface area contributed by atoms with Gasteiger partial charge in [-0.15, -0.1) is 0 Å². The van der Waals surface area contributed by atoms with Gasteiger partial charge in [0.15, 0.2) is 0 Å². The number of carbonyl (C=O) groups is 1. The predicted octanol–water partition coefficient (Wildman–Crippen LogP) is 5.30. The highest BCUT2D eigenvalue weighted by atomic mass is 35.5. The molecule has 1 aliphatic rings. The Morgan fingerprint density at radius 3 is 2.67 bits per heavy atom. The van der Waals surface area contributed by atoms with Crippen LogP contribution in [0.15, 0.2) is 72.8 Å². The van der Waals surface area contributed by atoms with Crippen molar-refractivity contribution in [3.63, 3.8) is 0 Å². The maximum absolute atomic E-state index is 12.9. The zero-order valence-electron chi connectivity index (χ0n) is 18.3. The lowest BCUT2D eigenvalue weighted by Gasteiger charge is -2.18. The van der Waals surface area contributed by atoms with Crippen LogP contribution in [0.25, 0.3) is 11.0 Å². The number of rotatable bonds is 7. The molecule has 6 nitrogen and oxygen atoms in total. The second kappa shape index (κ2) is 9.16. The normalized spacial score (nSPS) is 15.9. The minimum Gasteiger partial charge on any atom is -0.497 e. The Bertz CT molecular complexity index is 1300. The minimum atomic E-state index is -0.0296. The van der Waals surface area contributed by atoms with Gasteiger partial charge in [0.05, 0.1) is 35.4 Å². The van der Waals surface area contributed by atoms with Gasteiger partial charge in [-0.05, 0) is 36.4 Å². The number of nitrogens with zero attached hydrogens (tertiary/aromatic N) is 3. The highest BCUT2D eigenvalue weighted by Gasteiger charge is 2.35. The van der Waals surface area contributed by atoms with Crippen molar-refractivity contribution < 1.29 is 14.3 Å². The molecule has 2 heterocycles. The number of halogens is 1. The molecule has 0 radical (unpaired) electrons. The number of hydrogen-bond donors (Lipinski definition) is 0. The molecule has 5 rings (SSSR count). The number of methoxy groups -OCH3 is 1. The largest absolute Gasteiger partial charge is 0.497 e. The van der Waals surface area contributed by atoms with E-state index in [-0.39, 0.29) is 11.8 Å². The molecule has 1 atom stereocenters. The van der Waals surface area contributed by atoms with E-state index in [2.05, 4.69) is 10.6 Å². The summed E-state index contributed by atoms with van der Waals surface area (Å²) in [6.07, 6.45) is 0.394. The Hall–Kier alpha value is -3.51. The Morgan fingerprint density at radius 2 is 1.82 bits per heavy atom. The third kappa shape index (κ3) is 4.26. The lowest BCUT2D eigenvalue weighted by molar-refractivity contribution is -0.117. The van der Waals surface area contributed by atoms with Crippen LogP contribution in [0, 0.1) is 0 Å². The van der Waals surface area contributed by atoms with Crippen molar-refractivity contribution in [1.29, 1.82) is 0 Å². The summed E-state index contributed by atoms with van der Waals surface area (Å²) in [6.45, 7) is 1.63.